The van der Waals surface area contributed by atoms with Crippen molar-refractivity contribution in [3.05, 3.63) is 76.6 Å². The maximum atomic E-state index is 6.14. The molecule has 0 bridgehead atoms. The van der Waals surface area contributed by atoms with Gasteiger partial charge < -0.3 is 4.42 Å². The zero-order valence-corrected chi connectivity index (χ0v) is 13.6. The highest BCUT2D eigenvalue weighted by atomic mass is 35.5. The Morgan fingerprint density at radius 2 is 1.91 bits per heavy atom. The molecule has 0 aliphatic rings. The molecule has 2 aromatic carbocycles. The Bertz CT molecular complexity index is 1020. The van der Waals surface area contributed by atoms with Crippen molar-refractivity contribution in [1.82, 2.24) is 0 Å². The molecular formula is C18H12ClN2OS+. The van der Waals surface area contributed by atoms with Gasteiger partial charge >= 0.3 is 5.13 Å². The molecule has 2 aromatic heterocycles. The van der Waals surface area contributed by atoms with Crippen molar-refractivity contribution in [2.45, 2.75) is 0 Å². The molecule has 0 aliphatic carbocycles. The first-order valence-electron chi connectivity index (χ1n) is 7.08. The lowest BCUT2D eigenvalue weighted by molar-refractivity contribution is -0.356. The fraction of sp³-hybridized carbons (Fsp3) is 0. The van der Waals surface area contributed by atoms with Gasteiger partial charge in [0.15, 0.2) is 5.36 Å². The molecule has 0 unspecified atom stereocenters. The van der Waals surface area contributed by atoms with Gasteiger partial charge in [0.2, 0.25) is 0 Å². The number of H-pyrrole nitrogens is 1. The minimum atomic E-state index is 0.659. The highest BCUT2D eigenvalue weighted by Gasteiger charge is 2.10. The number of thiazole rings is 1. The van der Waals surface area contributed by atoms with E-state index in [4.69, 9.17) is 21.0 Å². The predicted octanol–water partition coefficient (Wildman–Crippen LogP) is 4.86. The zero-order chi connectivity index (χ0) is 15.6. The van der Waals surface area contributed by atoms with Crippen molar-refractivity contribution < 1.29 is 9.40 Å². The molecule has 112 valence electrons. The van der Waals surface area contributed by atoms with Crippen LogP contribution in [0.25, 0.3) is 22.3 Å². The summed E-state index contributed by atoms with van der Waals surface area (Å²) < 4.78 is 6.04. The van der Waals surface area contributed by atoms with Crippen LogP contribution in [0.15, 0.2) is 75.6 Å². The van der Waals surface area contributed by atoms with E-state index >= 15 is 0 Å². The number of benzene rings is 2. The third kappa shape index (κ3) is 2.91. The molecule has 4 rings (SSSR count). The number of hydrogen-bond donors (Lipinski definition) is 0. The molecule has 2 heterocycles. The van der Waals surface area contributed by atoms with E-state index in [0.717, 1.165) is 32.8 Å². The monoisotopic (exact) mass is 339 g/mol. The molecule has 5 heteroatoms. The van der Waals surface area contributed by atoms with Crippen molar-refractivity contribution in [3.8, 4) is 11.3 Å². The molecule has 23 heavy (non-hydrogen) atoms. The maximum Gasteiger partial charge on any atom is 0.380 e. The Morgan fingerprint density at radius 1 is 1.04 bits per heavy atom. The number of aromatic amines is 1. The highest BCUT2D eigenvalue weighted by molar-refractivity contribution is 7.12. The van der Waals surface area contributed by atoms with Crippen LogP contribution < -0.4 is 10.3 Å². The van der Waals surface area contributed by atoms with Crippen molar-refractivity contribution in [2.75, 3.05) is 0 Å². The van der Waals surface area contributed by atoms with Gasteiger partial charge in [0.25, 0.3) is 0 Å². The van der Waals surface area contributed by atoms with Crippen LogP contribution in [0.4, 0.5) is 5.13 Å². The van der Waals surface area contributed by atoms with Crippen LogP contribution in [0.2, 0.25) is 5.02 Å². The Hall–Kier alpha value is -2.43. The molecule has 0 spiro atoms. The summed E-state index contributed by atoms with van der Waals surface area (Å²) in [6, 6.07) is 17.5. The second kappa shape index (κ2) is 5.99. The Kier molecular flexibility index (Phi) is 3.69. The minimum Gasteiger partial charge on any atom is -0.456 e. The number of rotatable bonds is 2. The van der Waals surface area contributed by atoms with E-state index in [-0.39, 0.29) is 0 Å². The van der Waals surface area contributed by atoms with E-state index in [1.165, 1.54) is 0 Å². The number of halogens is 1. The minimum absolute atomic E-state index is 0.659. The second-order valence-electron chi connectivity index (χ2n) is 4.98. The van der Waals surface area contributed by atoms with Crippen molar-refractivity contribution in [1.29, 1.82) is 0 Å². The average molecular weight is 340 g/mol. The summed E-state index contributed by atoms with van der Waals surface area (Å²) in [4.78, 5) is 7.81. The smallest absolute Gasteiger partial charge is 0.380 e. The molecule has 0 amide bonds. The van der Waals surface area contributed by atoms with Gasteiger partial charge in [-0.1, -0.05) is 53.3 Å². The van der Waals surface area contributed by atoms with Crippen LogP contribution in [0.1, 0.15) is 0 Å². The van der Waals surface area contributed by atoms with E-state index in [0.29, 0.717) is 5.02 Å². The SMILES string of the molecule is Clc1ccc2oc(-c3ccccc3)cc(=Nc3[nH+]ccs3)c2c1. The van der Waals surface area contributed by atoms with Gasteiger partial charge in [0.1, 0.15) is 11.3 Å². The molecule has 0 atom stereocenters. The van der Waals surface area contributed by atoms with Gasteiger partial charge in [-0.3, -0.25) is 0 Å². The summed E-state index contributed by atoms with van der Waals surface area (Å²) in [6.07, 6.45) is 1.87. The van der Waals surface area contributed by atoms with Gasteiger partial charge in [-0.15, -0.1) is 0 Å². The summed E-state index contributed by atoms with van der Waals surface area (Å²) in [7, 11) is 0. The third-order valence-electron chi connectivity index (χ3n) is 3.44. The first-order valence-corrected chi connectivity index (χ1v) is 8.34. The molecule has 0 fully saturated rings. The summed E-state index contributed by atoms with van der Waals surface area (Å²) in [5, 5.41) is 5.16. The fourth-order valence-corrected chi connectivity index (χ4v) is 3.11. The Morgan fingerprint density at radius 3 is 2.70 bits per heavy atom. The van der Waals surface area contributed by atoms with E-state index in [1.807, 2.05) is 66.2 Å². The third-order valence-corrected chi connectivity index (χ3v) is 4.38. The number of fused-ring (bicyclic) bond motifs is 1. The van der Waals surface area contributed by atoms with E-state index < -0.39 is 0 Å². The summed E-state index contributed by atoms with van der Waals surface area (Å²) in [6.45, 7) is 0. The maximum absolute atomic E-state index is 6.14. The summed E-state index contributed by atoms with van der Waals surface area (Å²) >= 11 is 7.69. The highest BCUT2D eigenvalue weighted by Crippen LogP contribution is 2.24. The zero-order valence-electron chi connectivity index (χ0n) is 12.0. The molecule has 0 saturated heterocycles. The standard InChI is InChI=1S/C18H11ClN2OS/c19-13-6-7-16-14(10-13)15(21-18-20-8-9-23-18)11-17(22-16)12-4-2-1-3-5-12/h1-11H/p+1. The van der Waals surface area contributed by atoms with Gasteiger partial charge in [-0.2, -0.15) is 0 Å². The Labute approximate surface area is 141 Å². The molecular weight excluding hydrogens is 328 g/mol. The van der Waals surface area contributed by atoms with Gasteiger partial charge in [0, 0.05) is 22.0 Å². The van der Waals surface area contributed by atoms with Gasteiger partial charge in [0.05, 0.1) is 11.6 Å². The topological polar surface area (TPSA) is 39.6 Å². The van der Waals surface area contributed by atoms with Crippen LogP contribution in [0, 0.1) is 0 Å². The number of nitrogens with zero attached hydrogens (tertiary/aromatic N) is 1. The average Bonchev–Trinajstić information content (AvgIpc) is 3.09. The van der Waals surface area contributed by atoms with Crippen LogP contribution in [-0.4, -0.2) is 0 Å². The number of aromatic nitrogens is 1. The first kappa shape index (κ1) is 14.2. The molecule has 0 aliphatic heterocycles. The van der Waals surface area contributed by atoms with Crippen molar-refractivity contribution >= 4 is 39.0 Å². The molecule has 1 N–H and O–H groups in total. The molecule has 0 radical (unpaired) electrons. The van der Waals surface area contributed by atoms with Gasteiger partial charge in [-0.25, -0.2) is 4.98 Å². The van der Waals surface area contributed by atoms with Crippen LogP contribution in [-0.2, 0) is 0 Å². The lowest BCUT2D eigenvalue weighted by Gasteiger charge is -2.03. The van der Waals surface area contributed by atoms with Crippen molar-refractivity contribution in [3.63, 3.8) is 0 Å². The fourth-order valence-electron chi connectivity index (χ4n) is 2.38. The van der Waals surface area contributed by atoms with Gasteiger partial charge in [-0.05, 0) is 23.2 Å². The normalized spacial score (nSPS) is 12.0. The molecule has 3 nitrogen and oxygen atoms in total. The van der Waals surface area contributed by atoms with E-state index in [2.05, 4.69) is 4.98 Å². The predicted molar refractivity (Wildman–Crippen MR) is 92.8 cm³/mol. The van der Waals surface area contributed by atoms with Crippen LogP contribution in [0.5, 0.6) is 0 Å². The van der Waals surface area contributed by atoms with E-state index in [9.17, 15) is 0 Å². The quantitative estimate of drug-likeness (QED) is 0.514. The largest absolute Gasteiger partial charge is 0.456 e. The summed E-state index contributed by atoms with van der Waals surface area (Å²) in [5.74, 6) is 0.774. The molecule has 4 aromatic rings. The molecule has 0 saturated carbocycles. The lowest BCUT2D eigenvalue weighted by atomic mass is 10.1. The summed E-state index contributed by atoms with van der Waals surface area (Å²) in [5.41, 5.74) is 1.77. The number of nitrogens with one attached hydrogen (secondary N) is 1. The van der Waals surface area contributed by atoms with Crippen molar-refractivity contribution in [2.24, 2.45) is 4.99 Å². The number of hydrogen-bond acceptors (Lipinski definition) is 3. The van der Waals surface area contributed by atoms with Crippen LogP contribution >= 0.6 is 22.9 Å². The van der Waals surface area contributed by atoms with E-state index in [1.54, 1.807) is 11.3 Å². The second-order valence-corrected chi connectivity index (χ2v) is 6.32. The Balaban J connectivity index is 2.03. The van der Waals surface area contributed by atoms with Crippen LogP contribution in [0.3, 0.4) is 0 Å². The first-order chi connectivity index (χ1) is 11.3. The lowest BCUT2D eigenvalue weighted by Crippen LogP contribution is -2.05.